The van der Waals surface area contributed by atoms with E-state index >= 15 is 0 Å². The van der Waals surface area contributed by atoms with E-state index in [9.17, 15) is 28.1 Å². The van der Waals surface area contributed by atoms with Gasteiger partial charge in [0.2, 0.25) is 0 Å². The first-order chi connectivity index (χ1) is 12.8. The third kappa shape index (κ3) is 3.94. The van der Waals surface area contributed by atoms with Gasteiger partial charge in [-0.3, -0.25) is 14.9 Å². The second kappa shape index (κ2) is 6.90. The molecule has 3 aromatic rings. The molecule has 1 aromatic heterocycles. The number of nitrogens with zero attached hydrogens (tertiary/aromatic N) is 3. The third-order valence-electron chi connectivity index (χ3n) is 3.69. The zero-order chi connectivity index (χ0) is 19.6. The quantitative estimate of drug-likeness (QED) is 0.549. The standard InChI is InChI=1S/C17H11F3N4O3/c18-17(19,20)11-1-3-12(4-2-11)22-16(25)14-9-13(23-8-7-21-10-23)5-6-15(14)24(26)27/h1-10H,(H,22,25). The molecule has 0 aliphatic heterocycles. The minimum Gasteiger partial charge on any atom is -0.322 e. The minimum absolute atomic E-state index is 0.0790. The third-order valence-corrected chi connectivity index (χ3v) is 3.69. The van der Waals surface area contributed by atoms with Crippen LogP contribution in [0, 0.1) is 10.1 Å². The van der Waals surface area contributed by atoms with Gasteiger partial charge in [0, 0.05) is 29.8 Å². The van der Waals surface area contributed by atoms with E-state index in [0.29, 0.717) is 5.69 Å². The molecule has 0 atom stereocenters. The Labute approximate surface area is 150 Å². The lowest BCUT2D eigenvalue weighted by Gasteiger charge is -2.10. The lowest BCUT2D eigenvalue weighted by atomic mass is 10.1. The number of aromatic nitrogens is 2. The van der Waals surface area contributed by atoms with Gasteiger partial charge in [-0.2, -0.15) is 13.2 Å². The highest BCUT2D eigenvalue weighted by molar-refractivity contribution is 6.07. The highest BCUT2D eigenvalue weighted by Gasteiger charge is 2.30. The summed E-state index contributed by atoms with van der Waals surface area (Å²) in [5.74, 6) is -0.816. The van der Waals surface area contributed by atoms with Crippen LogP contribution < -0.4 is 5.32 Å². The van der Waals surface area contributed by atoms with Crippen LogP contribution >= 0.6 is 0 Å². The summed E-state index contributed by atoms with van der Waals surface area (Å²) < 4.78 is 39.3. The largest absolute Gasteiger partial charge is 0.416 e. The lowest BCUT2D eigenvalue weighted by Crippen LogP contribution is -2.15. The minimum atomic E-state index is -4.50. The van der Waals surface area contributed by atoms with E-state index < -0.39 is 28.3 Å². The molecule has 27 heavy (non-hydrogen) atoms. The molecular weight excluding hydrogens is 365 g/mol. The van der Waals surface area contributed by atoms with Gasteiger partial charge < -0.3 is 9.88 Å². The Kier molecular flexibility index (Phi) is 4.63. The van der Waals surface area contributed by atoms with Crippen molar-refractivity contribution in [1.82, 2.24) is 9.55 Å². The molecule has 1 heterocycles. The molecular formula is C17H11F3N4O3. The lowest BCUT2D eigenvalue weighted by molar-refractivity contribution is -0.385. The number of carbonyl (C=O) groups is 1. The van der Waals surface area contributed by atoms with Crippen LogP contribution in [0.1, 0.15) is 15.9 Å². The second-order valence-electron chi connectivity index (χ2n) is 5.46. The highest BCUT2D eigenvalue weighted by Crippen LogP contribution is 2.30. The molecule has 0 saturated carbocycles. The van der Waals surface area contributed by atoms with Gasteiger partial charge in [-0.25, -0.2) is 4.98 Å². The number of carbonyl (C=O) groups excluding carboxylic acids is 1. The number of hydrogen-bond donors (Lipinski definition) is 1. The molecule has 0 spiro atoms. The molecule has 7 nitrogen and oxygen atoms in total. The molecule has 1 N–H and O–H groups in total. The summed E-state index contributed by atoms with van der Waals surface area (Å²) >= 11 is 0. The fraction of sp³-hybridized carbons (Fsp3) is 0.0588. The molecule has 1 amide bonds. The van der Waals surface area contributed by atoms with Crippen LogP contribution in [0.25, 0.3) is 5.69 Å². The van der Waals surface area contributed by atoms with E-state index in [-0.39, 0.29) is 11.3 Å². The van der Waals surface area contributed by atoms with Gasteiger partial charge in [-0.05, 0) is 36.4 Å². The van der Waals surface area contributed by atoms with E-state index in [1.54, 1.807) is 10.8 Å². The average molecular weight is 376 g/mol. The summed E-state index contributed by atoms with van der Waals surface area (Å²) in [7, 11) is 0. The van der Waals surface area contributed by atoms with Crippen LogP contribution in [0.3, 0.4) is 0 Å². The van der Waals surface area contributed by atoms with Crippen LogP contribution in [0.15, 0.2) is 61.2 Å². The van der Waals surface area contributed by atoms with Crippen molar-refractivity contribution >= 4 is 17.3 Å². The van der Waals surface area contributed by atoms with Gasteiger partial charge in [0.25, 0.3) is 11.6 Å². The molecule has 0 aliphatic carbocycles. The maximum absolute atomic E-state index is 12.6. The van der Waals surface area contributed by atoms with Gasteiger partial charge in [0.05, 0.1) is 16.8 Å². The Morgan fingerprint density at radius 1 is 1.15 bits per heavy atom. The van der Waals surface area contributed by atoms with E-state index in [1.165, 1.54) is 30.7 Å². The first-order valence-corrected chi connectivity index (χ1v) is 7.51. The number of imidazole rings is 1. The van der Waals surface area contributed by atoms with Crippen molar-refractivity contribution in [3.05, 3.63) is 82.4 Å². The summed E-state index contributed by atoms with van der Waals surface area (Å²) in [5, 5.41) is 13.6. The second-order valence-corrected chi connectivity index (χ2v) is 5.46. The Morgan fingerprint density at radius 3 is 2.41 bits per heavy atom. The van der Waals surface area contributed by atoms with Crippen LogP contribution in [0.2, 0.25) is 0 Å². The number of alkyl halides is 3. The maximum atomic E-state index is 12.6. The predicted molar refractivity (Wildman–Crippen MR) is 89.6 cm³/mol. The van der Waals surface area contributed by atoms with E-state index in [2.05, 4.69) is 10.3 Å². The zero-order valence-electron chi connectivity index (χ0n) is 13.5. The summed E-state index contributed by atoms with van der Waals surface area (Å²) in [6.07, 6.45) is 0.0568. The van der Waals surface area contributed by atoms with Crippen molar-refractivity contribution in [2.45, 2.75) is 6.18 Å². The summed E-state index contributed by atoms with van der Waals surface area (Å²) in [6, 6.07) is 7.71. The molecule has 138 valence electrons. The molecule has 2 aromatic carbocycles. The van der Waals surface area contributed by atoms with Crippen molar-refractivity contribution < 1.29 is 22.9 Å². The number of nitro benzene ring substituents is 1. The molecule has 3 rings (SSSR count). The van der Waals surface area contributed by atoms with Crippen molar-refractivity contribution in [2.75, 3.05) is 5.32 Å². The number of rotatable bonds is 4. The fourth-order valence-electron chi connectivity index (χ4n) is 2.38. The Hall–Kier alpha value is -3.69. The van der Waals surface area contributed by atoms with Gasteiger partial charge in [-0.15, -0.1) is 0 Å². The fourth-order valence-corrected chi connectivity index (χ4v) is 2.38. The smallest absolute Gasteiger partial charge is 0.322 e. The van der Waals surface area contributed by atoms with Crippen molar-refractivity contribution in [2.24, 2.45) is 0 Å². The highest BCUT2D eigenvalue weighted by atomic mass is 19.4. The van der Waals surface area contributed by atoms with Gasteiger partial charge in [0.15, 0.2) is 0 Å². The molecule has 10 heteroatoms. The molecule has 0 bridgehead atoms. The Balaban J connectivity index is 1.91. The van der Waals surface area contributed by atoms with E-state index in [1.807, 2.05) is 0 Å². The average Bonchev–Trinajstić information content (AvgIpc) is 3.15. The summed E-state index contributed by atoms with van der Waals surface area (Å²) in [5.41, 5.74) is -0.978. The zero-order valence-corrected chi connectivity index (χ0v) is 13.5. The van der Waals surface area contributed by atoms with Gasteiger partial charge >= 0.3 is 6.18 Å². The number of benzene rings is 2. The monoisotopic (exact) mass is 376 g/mol. The van der Waals surface area contributed by atoms with Crippen LogP contribution in [-0.2, 0) is 6.18 Å². The van der Waals surface area contributed by atoms with E-state index in [4.69, 9.17) is 0 Å². The Bertz CT molecular complexity index is 984. The SMILES string of the molecule is O=C(Nc1ccc(C(F)(F)F)cc1)c1cc(-n2ccnc2)ccc1[N+](=O)[O-]. The van der Waals surface area contributed by atoms with Crippen LogP contribution in [0.5, 0.6) is 0 Å². The first kappa shape index (κ1) is 18.1. The van der Waals surface area contributed by atoms with Gasteiger partial charge in [0.1, 0.15) is 5.56 Å². The molecule has 0 aliphatic rings. The summed E-state index contributed by atoms with van der Waals surface area (Å²) in [4.78, 5) is 26.8. The van der Waals surface area contributed by atoms with Crippen LogP contribution in [-0.4, -0.2) is 20.4 Å². The maximum Gasteiger partial charge on any atom is 0.416 e. The number of nitro groups is 1. The molecule has 0 unspecified atom stereocenters. The number of nitrogens with one attached hydrogen (secondary N) is 1. The summed E-state index contributed by atoms with van der Waals surface area (Å²) in [6.45, 7) is 0. The predicted octanol–water partition coefficient (Wildman–Crippen LogP) is 4.05. The molecule has 0 saturated heterocycles. The van der Waals surface area contributed by atoms with Gasteiger partial charge in [-0.1, -0.05) is 0 Å². The van der Waals surface area contributed by atoms with Crippen molar-refractivity contribution in [3.8, 4) is 5.69 Å². The van der Waals surface area contributed by atoms with Crippen molar-refractivity contribution in [3.63, 3.8) is 0 Å². The topological polar surface area (TPSA) is 90.1 Å². The van der Waals surface area contributed by atoms with Crippen LogP contribution in [0.4, 0.5) is 24.5 Å². The number of halogens is 3. The molecule has 0 radical (unpaired) electrons. The van der Waals surface area contributed by atoms with Crippen molar-refractivity contribution in [1.29, 1.82) is 0 Å². The number of hydrogen-bond acceptors (Lipinski definition) is 4. The number of anilines is 1. The normalized spacial score (nSPS) is 11.2. The first-order valence-electron chi connectivity index (χ1n) is 7.51. The molecule has 0 fully saturated rings. The Morgan fingerprint density at radius 2 is 1.85 bits per heavy atom. The van der Waals surface area contributed by atoms with E-state index in [0.717, 1.165) is 24.3 Å². The number of amides is 1.